The van der Waals surface area contributed by atoms with Crippen molar-refractivity contribution in [1.82, 2.24) is 0 Å². The average Bonchev–Trinajstić information content (AvgIpc) is 2.48. The van der Waals surface area contributed by atoms with Crippen LogP contribution in [0.5, 0.6) is 11.5 Å². The summed E-state index contributed by atoms with van der Waals surface area (Å²) >= 11 is 0. The van der Waals surface area contributed by atoms with Crippen LogP contribution in [-0.4, -0.2) is 13.7 Å². The molecule has 20 heavy (non-hydrogen) atoms. The second-order valence-corrected chi connectivity index (χ2v) is 4.36. The molecule has 0 amide bonds. The second kappa shape index (κ2) is 6.60. The van der Waals surface area contributed by atoms with E-state index >= 15 is 0 Å². The molecule has 0 heterocycles. The highest BCUT2D eigenvalue weighted by atomic mass is 16.5. The number of ether oxygens (including phenoxy) is 2. The summed E-state index contributed by atoms with van der Waals surface area (Å²) < 4.78 is 10.7. The summed E-state index contributed by atoms with van der Waals surface area (Å²) in [5.41, 5.74) is 7.79. The fourth-order valence-corrected chi connectivity index (χ4v) is 1.80. The zero-order valence-electron chi connectivity index (χ0n) is 11.3. The van der Waals surface area contributed by atoms with Gasteiger partial charge in [-0.1, -0.05) is 12.1 Å². The van der Waals surface area contributed by atoms with Crippen LogP contribution >= 0.6 is 0 Å². The van der Waals surface area contributed by atoms with Gasteiger partial charge in [0.2, 0.25) is 0 Å². The zero-order valence-corrected chi connectivity index (χ0v) is 11.3. The number of rotatable bonds is 5. The lowest BCUT2D eigenvalue weighted by atomic mass is 10.1. The average molecular weight is 268 g/mol. The first-order chi connectivity index (χ1) is 9.72. The van der Waals surface area contributed by atoms with Gasteiger partial charge in [-0.2, -0.15) is 5.26 Å². The predicted octanol–water partition coefficient (Wildman–Crippen LogP) is 3.12. The summed E-state index contributed by atoms with van der Waals surface area (Å²) in [6, 6.07) is 14.8. The highest BCUT2D eigenvalue weighted by molar-refractivity contribution is 5.54. The Labute approximate surface area is 118 Å². The molecule has 0 saturated carbocycles. The Kier molecular flexibility index (Phi) is 4.59. The molecule has 0 bridgehead atoms. The number of nitrogens with zero attached hydrogens (tertiary/aromatic N) is 1. The number of nitrogen functional groups attached to an aromatic ring is 1. The Hall–Kier alpha value is -2.51. The van der Waals surface area contributed by atoms with E-state index in [2.05, 4.69) is 6.07 Å². The summed E-state index contributed by atoms with van der Waals surface area (Å²) in [6.45, 7) is 0.691. The van der Waals surface area contributed by atoms with E-state index in [0.29, 0.717) is 29.4 Å². The molecule has 0 spiro atoms. The van der Waals surface area contributed by atoms with Crippen molar-refractivity contribution in [2.24, 2.45) is 0 Å². The Balaban J connectivity index is 2.12. The smallest absolute Gasteiger partial charge is 0.145 e. The third-order valence-electron chi connectivity index (χ3n) is 2.87. The van der Waals surface area contributed by atoms with Crippen LogP contribution in [0.2, 0.25) is 0 Å². The van der Waals surface area contributed by atoms with E-state index < -0.39 is 0 Å². The lowest BCUT2D eigenvalue weighted by Crippen LogP contribution is -1.95. The molecular weight excluding hydrogens is 252 g/mol. The molecule has 2 rings (SSSR count). The van der Waals surface area contributed by atoms with Crippen molar-refractivity contribution in [3.63, 3.8) is 0 Å². The van der Waals surface area contributed by atoms with Gasteiger partial charge in [-0.25, -0.2) is 0 Å². The van der Waals surface area contributed by atoms with E-state index in [-0.39, 0.29) is 0 Å². The van der Waals surface area contributed by atoms with Crippen LogP contribution in [0.1, 0.15) is 11.1 Å². The Morgan fingerprint density at radius 1 is 1.15 bits per heavy atom. The first kappa shape index (κ1) is 13.9. The van der Waals surface area contributed by atoms with Crippen LogP contribution in [0.4, 0.5) is 5.69 Å². The minimum absolute atomic E-state index is 0.424. The molecule has 0 atom stereocenters. The minimum atomic E-state index is 0.424. The lowest BCUT2D eigenvalue weighted by molar-refractivity contribution is 0.202. The second-order valence-electron chi connectivity index (χ2n) is 4.36. The number of nitrogens with two attached hydrogens (primary N) is 1. The summed E-state index contributed by atoms with van der Waals surface area (Å²) in [5, 5.41) is 9.06. The van der Waals surface area contributed by atoms with E-state index in [4.69, 9.17) is 20.5 Å². The number of anilines is 1. The maximum atomic E-state index is 9.06. The van der Waals surface area contributed by atoms with Crippen LogP contribution in [0.25, 0.3) is 0 Å². The maximum absolute atomic E-state index is 9.06. The van der Waals surface area contributed by atoms with Crippen LogP contribution in [0.15, 0.2) is 42.5 Å². The number of hydrogen-bond acceptors (Lipinski definition) is 4. The van der Waals surface area contributed by atoms with Gasteiger partial charge in [0.25, 0.3) is 0 Å². The van der Waals surface area contributed by atoms with Crippen LogP contribution in [-0.2, 0) is 11.2 Å². The molecule has 2 aromatic carbocycles. The minimum Gasteiger partial charge on any atom is -0.456 e. The molecular formula is C16H16N2O2. The van der Waals surface area contributed by atoms with Crippen LogP contribution in [0.3, 0.4) is 0 Å². The van der Waals surface area contributed by atoms with Gasteiger partial charge in [-0.15, -0.1) is 0 Å². The van der Waals surface area contributed by atoms with Gasteiger partial charge >= 0.3 is 0 Å². The summed E-state index contributed by atoms with van der Waals surface area (Å²) in [5.74, 6) is 1.19. The quantitative estimate of drug-likeness (QED) is 0.846. The molecule has 0 aliphatic carbocycles. The highest BCUT2D eigenvalue weighted by Gasteiger charge is 2.05. The third kappa shape index (κ3) is 3.50. The molecule has 0 saturated heterocycles. The highest BCUT2D eigenvalue weighted by Crippen LogP contribution is 2.26. The van der Waals surface area contributed by atoms with Crippen molar-refractivity contribution in [1.29, 1.82) is 5.26 Å². The van der Waals surface area contributed by atoms with Crippen molar-refractivity contribution in [2.75, 3.05) is 19.5 Å². The van der Waals surface area contributed by atoms with Gasteiger partial charge in [0.05, 0.1) is 12.2 Å². The fourth-order valence-electron chi connectivity index (χ4n) is 1.80. The zero-order chi connectivity index (χ0) is 14.4. The molecule has 2 aromatic rings. The number of nitriles is 1. The van der Waals surface area contributed by atoms with Gasteiger partial charge in [-0.05, 0) is 42.3 Å². The number of hydrogen-bond donors (Lipinski definition) is 1. The predicted molar refractivity (Wildman–Crippen MR) is 77.7 cm³/mol. The van der Waals surface area contributed by atoms with Crippen molar-refractivity contribution >= 4 is 5.69 Å². The SMILES string of the molecule is COCCc1ccc(Oc2ccc(N)cc2C#N)cc1. The van der Waals surface area contributed by atoms with E-state index in [0.717, 1.165) is 6.42 Å². The molecule has 0 unspecified atom stereocenters. The third-order valence-corrected chi connectivity index (χ3v) is 2.87. The summed E-state index contributed by atoms with van der Waals surface area (Å²) in [7, 11) is 1.68. The Morgan fingerprint density at radius 2 is 1.90 bits per heavy atom. The molecule has 4 heteroatoms. The number of benzene rings is 2. The molecule has 0 aliphatic heterocycles. The van der Waals surface area contributed by atoms with E-state index in [1.165, 1.54) is 5.56 Å². The van der Waals surface area contributed by atoms with Crippen LogP contribution in [0, 0.1) is 11.3 Å². The number of methoxy groups -OCH3 is 1. The van der Waals surface area contributed by atoms with Gasteiger partial charge in [0.15, 0.2) is 0 Å². The molecule has 0 fully saturated rings. The van der Waals surface area contributed by atoms with Crippen molar-refractivity contribution in [2.45, 2.75) is 6.42 Å². The van der Waals surface area contributed by atoms with E-state index in [9.17, 15) is 0 Å². The summed E-state index contributed by atoms with van der Waals surface area (Å²) in [4.78, 5) is 0. The molecule has 4 nitrogen and oxygen atoms in total. The first-order valence-electron chi connectivity index (χ1n) is 6.28. The fraction of sp³-hybridized carbons (Fsp3) is 0.188. The Morgan fingerprint density at radius 3 is 2.55 bits per heavy atom. The van der Waals surface area contributed by atoms with Crippen molar-refractivity contribution < 1.29 is 9.47 Å². The topological polar surface area (TPSA) is 68.3 Å². The van der Waals surface area contributed by atoms with Gasteiger partial charge in [0.1, 0.15) is 17.6 Å². The molecule has 0 aliphatic rings. The lowest BCUT2D eigenvalue weighted by Gasteiger charge is -2.08. The standard InChI is InChI=1S/C16H16N2O2/c1-19-9-8-12-2-5-15(6-3-12)20-16-7-4-14(18)10-13(16)11-17/h2-7,10H,8-9,18H2,1H3. The van der Waals surface area contributed by atoms with E-state index in [1.807, 2.05) is 24.3 Å². The van der Waals surface area contributed by atoms with Gasteiger partial charge in [0, 0.05) is 12.8 Å². The monoisotopic (exact) mass is 268 g/mol. The summed E-state index contributed by atoms with van der Waals surface area (Å²) in [6.07, 6.45) is 0.863. The molecule has 2 N–H and O–H groups in total. The van der Waals surface area contributed by atoms with Crippen molar-refractivity contribution in [3.8, 4) is 17.6 Å². The maximum Gasteiger partial charge on any atom is 0.145 e. The van der Waals surface area contributed by atoms with Crippen LogP contribution < -0.4 is 10.5 Å². The molecule has 0 aromatic heterocycles. The van der Waals surface area contributed by atoms with Crippen molar-refractivity contribution in [3.05, 3.63) is 53.6 Å². The Bertz CT molecular complexity index is 615. The van der Waals surface area contributed by atoms with Gasteiger partial charge < -0.3 is 15.2 Å². The molecule has 0 radical (unpaired) electrons. The first-order valence-corrected chi connectivity index (χ1v) is 6.28. The normalized spacial score (nSPS) is 10.0. The molecule has 102 valence electrons. The van der Waals surface area contributed by atoms with E-state index in [1.54, 1.807) is 25.3 Å². The largest absolute Gasteiger partial charge is 0.456 e. The van der Waals surface area contributed by atoms with Gasteiger partial charge in [-0.3, -0.25) is 0 Å².